The van der Waals surface area contributed by atoms with Gasteiger partial charge in [0.2, 0.25) is 0 Å². The van der Waals surface area contributed by atoms with Gasteiger partial charge in [0.25, 0.3) is 5.91 Å². The monoisotopic (exact) mass is 492 g/mol. The van der Waals surface area contributed by atoms with Gasteiger partial charge in [0.05, 0.1) is 18.7 Å². The lowest BCUT2D eigenvalue weighted by atomic mass is 10.1. The third kappa shape index (κ3) is 5.90. The number of ether oxygens (including phenoxy) is 3. The number of nitriles is 1. The zero-order valence-corrected chi connectivity index (χ0v) is 19.2. The Balaban J connectivity index is 1.81. The first kappa shape index (κ1) is 22.9. The summed E-state index contributed by atoms with van der Waals surface area (Å²) < 4.78 is 17.2. The highest BCUT2D eigenvalue weighted by Gasteiger charge is 2.14. The maximum absolute atomic E-state index is 12.6. The first-order valence-corrected chi connectivity index (χ1v) is 10.4. The molecule has 1 amide bonds. The number of amides is 1. The molecule has 0 heterocycles. The average Bonchev–Trinajstić information content (AvgIpc) is 2.82. The highest BCUT2D eigenvalue weighted by atomic mass is 79.9. The Morgan fingerprint density at radius 1 is 1.06 bits per heavy atom. The molecule has 0 aliphatic carbocycles. The van der Waals surface area contributed by atoms with Crippen LogP contribution in [0.1, 0.15) is 11.1 Å². The molecule has 0 aromatic heterocycles. The molecule has 3 rings (SSSR count). The van der Waals surface area contributed by atoms with E-state index >= 15 is 0 Å². The van der Waals surface area contributed by atoms with Gasteiger partial charge in [-0.3, -0.25) is 4.79 Å². The van der Waals surface area contributed by atoms with Gasteiger partial charge in [-0.1, -0.05) is 36.4 Å². The molecule has 162 valence electrons. The minimum absolute atomic E-state index is 0.0558. The molecule has 0 fully saturated rings. The summed E-state index contributed by atoms with van der Waals surface area (Å²) in [5.41, 5.74) is 2.10. The van der Waals surface area contributed by atoms with E-state index in [1.807, 2.05) is 36.4 Å². The van der Waals surface area contributed by atoms with Crippen LogP contribution < -0.4 is 19.5 Å². The molecule has 1 N–H and O–H groups in total. The number of nitrogens with one attached hydrogen (secondary N) is 1. The van der Waals surface area contributed by atoms with Crippen molar-refractivity contribution in [1.29, 1.82) is 5.26 Å². The Kier molecular flexibility index (Phi) is 7.90. The van der Waals surface area contributed by atoms with Crippen molar-refractivity contribution in [3.05, 3.63) is 87.9 Å². The molecule has 0 bridgehead atoms. The van der Waals surface area contributed by atoms with Gasteiger partial charge in [-0.25, -0.2) is 0 Å². The number of methoxy groups -OCH3 is 2. The van der Waals surface area contributed by atoms with Crippen molar-refractivity contribution in [3.8, 4) is 23.3 Å². The normalized spacial score (nSPS) is 10.8. The van der Waals surface area contributed by atoms with E-state index in [1.54, 1.807) is 43.5 Å². The van der Waals surface area contributed by atoms with E-state index in [2.05, 4.69) is 21.2 Å². The van der Waals surface area contributed by atoms with Crippen LogP contribution in [0.15, 0.2) is 76.8 Å². The van der Waals surface area contributed by atoms with Crippen molar-refractivity contribution >= 4 is 33.6 Å². The van der Waals surface area contributed by atoms with Gasteiger partial charge in [0, 0.05) is 11.8 Å². The van der Waals surface area contributed by atoms with Crippen molar-refractivity contribution in [2.24, 2.45) is 0 Å². The summed E-state index contributed by atoms with van der Waals surface area (Å²) in [5, 5.41) is 12.2. The third-order valence-electron chi connectivity index (χ3n) is 4.48. The molecule has 0 saturated heterocycles. The first-order chi connectivity index (χ1) is 15.5. The summed E-state index contributed by atoms with van der Waals surface area (Å²) >= 11 is 3.50. The quantitative estimate of drug-likeness (QED) is 0.327. The van der Waals surface area contributed by atoms with Gasteiger partial charge < -0.3 is 19.5 Å². The zero-order chi connectivity index (χ0) is 22.9. The molecule has 0 atom stereocenters. The fourth-order valence-corrected chi connectivity index (χ4v) is 3.48. The van der Waals surface area contributed by atoms with Crippen LogP contribution in [-0.4, -0.2) is 20.1 Å². The fourth-order valence-electron chi connectivity index (χ4n) is 2.91. The smallest absolute Gasteiger partial charge is 0.266 e. The van der Waals surface area contributed by atoms with Gasteiger partial charge in [-0.2, -0.15) is 5.26 Å². The van der Waals surface area contributed by atoms with E-state index in [0.29, 0.717) is 39.6 Å². The number of benzene rings is 3. The summed E-state index contributed by atoms with van der Waals surface area (Å²) in [5.74, 6) is 1.09. The minimum atomic E-state index is -0.528. The molecule has 0 aliphatic heterocycles. The maximum atomic E-state index is 12.6. The third-order valence-corrected chi connectivity index (χ3v) is 5.07. The van der Waals surface area contributed by atoms with Gasteiger partial charge in [-0.05, 0) is 57.4 Å². The van der Waals surface area contributed by atoms with E-state index < -0.39 is 5.91 Å². The average molecular weight is 493 g/mol. The summed E-state index contributed by atoms with van der Waals surface area (Å²) in [7, 11) is 3.07. The number of nitrogens with zero attached hydrogens (tertiary/aromatic N) is 1. The van der Waals surface area contributed by atoms with E-state index in [0.717, 1.165) is 5.56 Å². The lowest BCUT2D eigenvalue weighted by molar-refractivity contribution is -0.112. The Hall–Kier alpha value is -3.76. The number of carbonyl (C=O) groups excluding carboxylic acids is 1. The summed E-state index contributed by atoms with van der Waals surface area (Å²) in [6, 6.07) is 22.1. The summed E-state index contributed by atoms with van der Waals surface area (Å²) in [4.78, 5) is 12.6. The zero-order valence-electron chi connectivity index (χ0n) is 17.6. The lowest BCUT2D eigenvalue weighted by Gasteiger charge is -2.14. The number of anilines is 1. The maximum Gasteiger partial charge on any atom is 0.266 e. The van der Waals surface area contributed by atoms with Gasteiger partial charge in [0.15, 0.2) is 11.5 Å². The van der Waals surface area contributed by atoms with Crippen LogP contribution in [-0.2, 0) is 11.4 Å². The Labute approximate surface area is 195 Å². The summed E-state index contributed by atoms with van der Waals surface area (Å²) in [6.45, 7) is 0.372. The van der Waals surface area contributed by atoms with Crippen LogP contribution in [0.25, 0.3) is 6.08 Å². The second kappa shape index (κ2) is 11.0. The Morgan fingerprint density at radius 3 is 2.53 bits per heavy atom. The van der Waals surface area contributed by atoms with Crippen LogP contribution in [0, 0.1) is 11.3 Å². The van der Waals surface area contributed by atoms with E-state index in [4.69, 9.17) is 14.2 Å². The molecule has 0 saturated carbocycles. The molecular weight excluding hydrogens is 472 g/mol. The molecule has 7 heteroatoms. The molecule has 6 nitrogen and oxygen atoms in total. The SMILES string of the molecule is COc1cccc(NC(=O)/C(C#N)=C/c2cc(Br)c(OCc3ccccc3)c(OC)c2)c1. The molecular formula is C25H21BrN2O4. The number of hydrogen-bond acceptors (Lipinski definition) is 5. The fraction of sp³-hybridized carbons (Fsp3) is 0.120. The number of carbonyl (C=O) groups is 1. The van der Waals surface area contributed by atoms with E-state index in [1.165, 1.54) is 13.2 Å². The second-order valence-electron chi connectivity index (χ2n) is 6.66. The standard InChI is InChI=1S/C25H21BrN2O4/c1-30-21-10-6-9-20(14-21)28-25(29)19(15-27)11-18-12-22(26)24(23(13-18)31-2)32-16-17-7-4-3-5-8-17/h3-14H,16H2,1-2H3,(H,28,29)/b19-11+. The van der Waals surface area contributed by atoms with Crippen LogP contribution in [0.3, 0.4) is 0 Å². The Bertz CT molecular complexity index is 1170. The van der Waals surface area contributed by atoms with Gasteiger partial charge in [0.1, 0.15) is 24.0 Å². The van der Waals surface area contributed by atoms with Crippen molar-refractivity contribution in [3.63, 3.8) is 0 Å². The molecule has 32 heavy (non-hydrogen) atoms. The highest BCUT2D eigenvalue weighted by molar-refractivity contribution is 9.10. The van der Waals surface area contributed by atoms with Crippen molar-refractivity contribution in [2.45, 2.75) is 6.61 Å². The number of hydrogen-bond donors (Lipinski definition) is 1. The minimum Gasteiger partial charge on any atom is -0.497 e. The topological polar surface area (TPSA) is 80.6 Å². The van der Waals surface area contributed by atoms with Crippen LogP contribution >= 0.6 is 15.9 Å². The lowest BCUT2D eigenvalue weighted by Crippen LogP contribution is -2.13. The van der Waals surface area contributed by atoms with Crippen molar-refractivity contribution < 1.29 is 19.0 Å². The van der Waals surface area contributed by atoms with Crippen molar-refractivity contribution in [2.75, 3.05) is 19.5 Å². The molecule has 0 radical (unpaired) electrons. The van der Waals surface area contributed by atoms with Crippen LogP contribution in [0.4, 0.5) is 5.69 Å². The number of rotatable bonds is 8. The summed E-state index contributed by atoms with van der Waals surface area (Å²) in [6.07, 6.45) is 1.49. The highest BCUT2D eigenvalue weighted by Crippen LogP contribution is 2.37. The Morgan fingerprint density at radius 2 is 1.84 bits per heavy atom. The van der Waals surface area contributed by atoms with Gasteiger partial charge in [-0.15, -0.1) is 0 Å². The number of halogens is 1. The largest absolute Gasteiger partial charge is 0.497 e. The van der Waals surface area contributed by atoms with E-state index in [9.17, 15) is 10.1 Å². The molecule has 0 spiro atoms. The predicted molar refractivity (Wildman–Crippen MR) is 127 cm³/mol. The van der Waals surface area contributed by atoms with Gasteiger partial charge >= 0.3 is 0 Å². The van der Waals surface area contributed by atoms with Crippen molar-refractivity contribution in [1.82, 2.24) is 0 Å². The van der Waals surface area contributed by atoms with Crippen LogP contribution in [0.5, 0.6) is 17.2 Å². The predicted octanol–water partition coefficient (Wildman–Crippen LogP) is 5.59. The first-order valence-electron chi connectivity index (χ1n) is 9.65. The molecule has 0 aliphatic rings. The second-order valence-corrected chi connectivity index (χ2v) is 7.52. The van der Waals surface area contributed by atoms with E-state index in [-0.39, 0.29) is 5.57 Å². The molecule has 0 unspecified atom stereocenters. The molecule has 3 aromatic rings. The van der Waals surface area contributed by atoms with Crippen LogP contribution in [0.2, 0.25) is 0 Å². The molecule has 3 aromatic carbocycles.